The summed E-state index contributed by atoms with van der Waals surface area (Å²) in [4.78, 5) is 53.1. The Bertz CT molecular complexity index is 581. The van der Waals surface area contributed by atoms with E-state index in [-0.39, 0.29) is 47.5 Å². The highest BCUT2D eigenvalue weighted by molar-refractivity contribution is 9.93. The van der Waals surface area contributed by atoms with Crippen LogP contribution in [0.3, 0.4) is 0 Å². The van der Waals surface area contributed by atoms with Crippen molar-refractivity contribution in [1.29, 1.82) is 0 Å². The Labute approximate surface area is 261 Å². The lowest BCUT2D eigenvalue weighted by Crippen LogP contribution is -2.41. The van der Waals surface area contributed by atoms with Crippen LogP contribution in [0.15, 0.2) is 0 Å². The Hall–Kier alpha value is 0.110. The summed E-state index contributed by atoms with van der Waals surface area (Å²) in [6.07, 6.45) is 0.745. The van der Waals surface area contributed by atoms with Crippen LogP contribution >= 0.6 is 66.4 Å². The zero-order chi connectivity index (χ0) is 30.4. The van der Waals surface area contributed by atoms with Crippen LogP contribution in [0.25, 0.3) is 0 Å². The predicted octanol–water partition coefficient (Wildman–Crippen LogP) is 3.16. The minimum Gasteiger partial charge on any atom is -0.394 e. The molecule has 0 aliphatic rings. The third kappa shape index (κ3) is 22.9. The highest BCUT2D eigenvalue weighted by Crippen LogP contribution is 2.59. The van der Waals surface area contributed by atoms with E-state index in [2.05, 4.69) is 62.4 Å². The van der Waals surface area contributed by atoms with Crippen LogP contribution in [0.5, 0.6) is 0 Å². The number of carbonyl (C=O) groups excluding carboxylic acids is 4. The minimum absolute atomic E-state index is 0.0616. The molecule has 0 saturated carbocycles. The number of aliphatic hydroxyl groups excluding tert-OH is 1. The molecule has 16 heteroatoms. The standard InChI is InChI=1S/C11H21BrN2O3.C11H22N2O4.Br3P/c1-13(2)10(15)9(11(16)14(3)4)5-7-17-8-6-12;1-12(2)10(15)9(11(16)13(3)4)5-7-17-8-6-14;1-4(2)3/h9H,5-8H2,1-4H3;9,14H,5-8H2,1-4H3;. The third-order valence-corrected chi connectivity index (χ3v) is 4.84. The number of alkyl halides is 1. The van der Waals surface area contributed by atoms with Crippen LogP contribution in [-0.4, -0.2) is 143 Å². The molecule has 0 fully saturated rings. The molecule has 0 atom stereocenters. The summed E-state index contributed by atoms with van der Waals surface area (Å²) < 4.78 is 10.2. The largest absolute Gasteiger partial charge is 0.394 e. The van der Waals surface area contributed by atoms with Gasteiger partial charge in [0.2, 0.25) is 23.6 Å². The number of hydrogen-bond acceptors (Lipinski definition) is 7. The second-order valence-corrected chi connectivity index (χ2v) is 24.6. The molecule has 0 aliphatic carbocycles. The lowest BCUT2D eigenvalue weighted by atomic mass is 10.0. The smallest absolute Gasteiger partial charge is 0.234 e. The highest BCUT2D eigenvalue weighted by Gasteiger charge is 2.29. The molecule has 0 aromatic heterocycles. The summed E-state index contributed by atoms with van der Waals surface area (Å²) in [5.74, 6) is -2.15. The molecule has 226 valence electrons. The summed E-state index contributed by atoms with van der Waals surface area (Å²) in [7, 11) is 13.1. The molecule has 0 aromatic carbocycles. The summed E-state index contributed by atoms with van der Waals surface area (Å²) >= 11 is 12.8. The molecule has 4 amide bonds. The Kier molecular flexibility index (Phi) is 29.2. The zero-order valence-corrected chi connectivity index (χ0v) is 30.7. The number of amides is 4. The zero-order valence-electron chi connectivity index (χ0n) is 23.5. The minimum atomic E-state index is -0.710. The van der Waals surface area contributed by atoms with E-state index < -0.39 is 11.8 Å². The number of ether oxygens (including phenoxy) is 2. The fraction of sp³-hybridized carbons (Fsp3) is 0.818. The van der Waals surface area contributed by atoms with Gasteiger partial charge in [0.15, 0.2) is 0 Å². The molecular weight excluding hydrogens is 783 g/mol. The van der Waals surface area contributed by atoms with Crippen LogP contribution < -0.4 is 0 Å². The maximum Gasteiger partial charge on any atom is 0.234 e. The van der Waals surface area contributed by atoms with Gasteiger partial charge in [-0.05, 0) is 59.3 Å². The van der Waals surface area contributed by atoms with Crippen molar-refractivity contribution in [2.45, 2.75) is 12.8 Å². The lowest BCUT2D eigenvalue weighted by molar-refractivity contribution is -0.146. The van der Waals surface area contributed by atoms with E-state index in [1.807, 2.05) is 0 Å². The van der Waals surface area contributed by atoms with Gasteiger partial charge in [-0.15, -0.1) is 0 Å². The fourth-order valence-corrected chi connectivity index (χ4v) is 2.91. The first kappa shape index (κ1) is 42.6. The molecule has 0 spiro atoms. The first-order valence-corrected chi connectivity index (χ1v) is 20.0. The average molecular weight is 826 g/mol. The van der Waals surface area contributed by atoms with Gasteiger partial charge in [0, 0.05) is 74.9 Å². The number of nitrogens with zero attached hydrogens (tertiary/aromatic N) is 4. The van der Waals surface area contributed by atoms with E-state index in [4.69, 9.17) is 14.6 Å². The topological polar surface area (TPSA) is 120 Å². The van der Waals surface area contributed by atoms with Crippen molar-refractivity contribution in [2.24, 2.45) is 11.8 Å². The first-order valence-electron chi connectivity index (χ1n) is 11.5. The molecule has 0 aliphatic heterocycles. The van der Waals surface area contributed by atoms with E-state index in [9.17, 15) is 19.2 Å². The first-order chi connectivity index (χ1) is 17.6. The molecule has 0 radical (unpaired) electrons. The van der Waals surface area contributed by atoms with E-state index in [0.717, 1.165) is 5.33 Å². The summed E-state index contributed by atoms with van der Waals surface area (Å²) in [5, 5.41) is 9.30. The van der Waals surface area contributed by atoms with Crippen molar-refractivity contribution in [2.75, 3.05) is 94.7 Å². The normalized spacial score (nSPS) is 10.3. The molecule has 0 aromatic rings. The second-order valence-electron chi connectivity index (χ2n) is 8.44. The fourth-order valence-electron chi connectivity index (χ4n) is 2.68. The Balaban J connectivity index is -0.000000564. The van der Waals surface area contributed by atoms with Crippen molar-refractivity contribution in [3.05, 3.63) is 0 Å². The number of rotatable bonds is 14. The van der Waals surface area contributed by atoms with Gasteiger partial charge < -0.3 is 34.2 Å². The van der Waals surface area contributed by atoms with Gasteiger partial charge in [0.1, 0.15) is 15.9 Å². The van der Waals surface area contributed by atoms with Crippen molar-refractivity contribution < 1.29 is 33.8 Å². The van der Waals surface area contributed by atoms with E-state index in [1.54, 1.807) is 56.4 Å². The van der Waals surface area contributed by atoms with E-state index >= 15 is 0 Å². The quantitative estimate of drug-likeness (QED) is 0.124. The van der Waals surface area contributed by atoms with Crippen LogP contribution in [0, 0.1) is 11.8 Å². The number of halogens is 4. The van der Waals surface area contributed by atoms with Gasteiger partial charge in [-0.25, -0.2) is 0 Å². The number of carbonyl (C=O) groups is 4. The SMILES string of the molecule is BrP(Br)Br.CN(C)C(=O)C(CCOCCBr)C(=O)N(C)C.CN(C)C(=O)C(CCOCCO)C(=O)N(C)C. The second kappa shape index (κ2) is 26.0. The molecule has 0 bridgehead atoms. The average Bonchev–Trinajstić information content (AvgIpc) is 2.82. The van der Waals surface area contributed by atoms with Gasteiger partial charge in [-0.3, -0.25) is 19.2 Å². The molecule has 1 N–H and O–H groups in total. The van der Waals surface area contributed by atoms with Gasteiger partial charge >= 0.3 is 0 Å². The van der Waals surface area contributed by atoms with Gasteiger partial charge in [-0.1, -0.05) is 15.9 Å². The highest BCUT2D eigenvalue weighted by atomic mass is 80.0. The van der Waals surface area contributed by atoms with Crippen molar-refractivity contribution in [1.82, 2.24) is 19.6 Å². The maximum atomic E-state index is 11.9. The van der Waals surface area contributed by atoms with Crippen molar-refractivity contribution in [3.63, 3.8) is 0 Å². The molecule has 0 saturated heterocycles. The summed E-state index contributed by atoms with van der Waals surface area (Å²) in [6.45, 7) is 1.44. The third-order valence-electron chi connectivity index (χ3n) is 4.51. The lowest BCUT2D eigenvalue weighted by Gasteiger charge is -2.22. The molecule has 0 unspecified atom stereocenters. The van der Waals surface area contributed by atoms with Gasteiger partial charge in [0.05, 0.1) is 19.8 Å². The Morgan fingerprint density at radius 3 is 1.11 bits per heavy atom. The monoisotopic (exact) mass is 822 g/mol. The molecule has 11 nitrogen and oxygen atoms in total. The van der Waals surface area contributed by atoms with Crippen molar-refractivity contribution >= 4 is 90.1 Å². The van der Waals surface area contributed by atoms with Gasteiger partial charge in [0.25, 0.3) is 0 Å². The van der Waals surface area contributed by atoms with Crippen LogP contribution in [-0.2, 0) is 28.7 Å². The van der Waals surface area contributed by atoms with Crippen LogP contribution in [0.4, 0.5) is 0 Å². The molecular formula is C22H43Br4N4O7P. The van der Waals surface area contributed by atoms with Crippen LogP contribution in [0.2, 0.25) is 0 Å². The van der Waals surface area contributed by atoms with E-state index in [0.29, 0.717) is 26.1 Å². The Morgan fingerprint density at radius 1 is 0.632 bits per heavy atom. The molecule has 38 heavy (non-hydrogen) atoms. The summed E-state index contributed by atoms with van der Waals surface area (Å²) in [6, 6.07) is 0. The van der Waals surface area contributed by atoms with Crippen molar-refractivity contribution in [3.8, 4) is 0 Å². The molecule has 0 heterocycles. The predicted molar refractivity (Wildman–Crippen MR) is 167 cm³/mol. The number of aliphatic hydroxyl groups is 1. The Morgan fingerprint density at radius 2 is 0.895 bits per heavy atom. The van der Waals surface area contributed by atoms with Crippen LogP contribution in [0.1, 0.15) is 12.8 Å². The maximum absolute atomic E-state index is 11.9. The molecule has 0 rings (SSSR count). The van der Waals surface area contributed by atoms with E-state index in [1.165, 1.54) is 19.6 Å². The van der Waals surface area contributed by atoms with Gasteiger partial charge in [-0.2, -0.15) is 0 Å². The summed E-state index contributed by atoms with van der Waals surface area (Å²) in [5.41, 5.74) is 0. The number of hydrogen-bond donors (Lipinski definition) is 1.